The molecule has 2 nitrogen and oxygen atoms in total. The van der Waals surface area contributed by atoms with Gasteiger partial charge in [-0.05, 0) is 31.4 Å². The fourth-order valence-electron chi connectivity index (χ4n) is 1.62. The number of carbonyl (C=O) groups is 1. The minimum Gasteiger partial charge on any atom is -0.417 e. The van der Waals surface area contributed by atoms with E-state index in [1.165, 1.54) is 0 Å². The summed E-state index contributed by atoms with van der Waals surface area (Å²) in [6, 6.07) is 0. The van der Waals surface area contributed by atoms with Crippen molar-refractivity contribution in [2.75, 3.05) is 0 Å². The molecule has 0 heterocycles. The highest BCUT2D eigenvalue weighted by Crippen LogP contribution is 2.28. The van der Waals surface area contributed by atoms with E-state index >= 15 is 0 Å². The van der Waals surface area contributed by atoms with Crippen LogP contribution in [0.25, 0.3) is 0 Å². The van der Waals surface area contributed by atoms with Gasteiger partial charge in [0.15, 0.2) is 9.04 Å². The first kappa shape index (κ1) is 17.6. The average molecular weight is 284 g/mol. The quantitative estimate of drug-likeness (QED) is 0.695. The van der Waals surface area contributed by atoms with Crippen molar-refractivity contribution in [3.8, 4) is 0 Å². The second kappa shape index (κ2) is 6.70. The average Bonchev–Trinajstić information content (AvgIpc) is 2.12. The second-order valence-electron chi connectivity index (χ2n) is 5.85. The van der Waals surface area contributed by atoms with Gasteiger partial charge in [-0.15, -0.1) is 0 Å². The Balaban J connectivity index is 4.25. The summed E-state index contributed by atoms with van der Waals surface area (Å²) in [5.74, 6) is -1.64. The Bertz CT molecular complexity index is 269. The van der Waals surface area contributed by atoms with E-state index in [4.69, 9.17) is 4.43 Å². The lowest BCUT2D eigenvalue weighted by atomic mass is 9.86. The molecule has 0 aromatic carbocycles. The lowest BCUT2D eigenvalue weighted by Gasteiger charge is -2.32. The molecule has 0 aromatic rings. The maximum atomic E-state index is 12.0. The van der Waals surface area contributed by atoms with Crippen molar-refractivity contribution in [1.29, 1.82) is 0 Å². The molecule has 108 valence electrons. The Morgan fingerprint density at radius 2 is 1.72 bits per heavy atom. The van der Waals surface area contributed by atoms with Crippen molar-refractivity contribution in [3.05, 3.63) is 0 Å². The number of carbonyl (C=O) groups excluding carboxylic acids is 1. The third-order valence-electron chi connectivity index (χ3n) is 2.59. The monoisotopic (exact) mass is 284 g/mol. The van der Waals surface area contributed by atoms with Crippen LogP contribution in [0.1, 0.15) is 40.0 Å². The largest absolute Gasteiger partial charge is 0.449 e. The van der Waals surface area contributed by atoms with E-state index in [0.717, 1.165) is 0 Å². The Kier molecular flexibility index (Phi) is 6.57. The van der Waals surface area contributed by atoms with Crippen LogP contribution in [-0.2, 0) is 9.22 Å². The van der Waals surface area contributed by atoms with E-state index in [1.807, 2.05) is 33.9 Å². The summed E-state index contributed by atoms with van der Waals surface area (Å²) in [5.41, 5.74) is -0.113. The zero-order chi connectivity index (χ0) is 14.6. The summed E-state index contributed by atoms with van der Waals surface area (Å²) < 4.78 is 42.0. The third kappa shape index (κ3) is 7.16. The van der Waals surface area contributed by atoms with Gasteiger partial charge in [0.1, 0.15) is 0 Å². The molecule has 0 aliphatic carbocycles. The first-order valence-corrected chi connectivity index (χ1v) is 8.98. The smallest absolute Gasteiger partial charge is 0.417 e. The molecule has 0 fully saturated rings. The first-order valence-electron chi connectivity index (χ1n) is 6.20. The lowest BCUT2D eigenvalue weighted by molar-refractivity contribution is -0.171. The molecular formula is C12H23F3O2Si. The molecule has 0 saturated carbocycles. The molecule has 0 N–H and O–H groups in total. The topological polar surface area (TPSA) is 26.3 Å². The van der Waals surface area contributed by atoms with Crippen molar-refractivity contribution in [2.24, 2.45) is 5.41 Å². The lowest BCUT2D eigenvalue weighted by Crippen LogP contribution is -2.33. The Morgan fingerprint density at radius 1 is 1.22 bits per heavy atom. The molecule has 0 aromatic heterocycles. The first-order chi connectivity index (χ1) is 7.94. The molecule has 0 aliphatic rings. The minimum atomic E-state index is -4.70. The van der Waals surface area contributed by atoms with Crippen LogP contribution >= 0.6 is 0 Å². The van der Waals surface area contributed by atoms with Gasteiger partial charge in [0, 0.05) is 12.5 Å². The fraction of sp³-hybridized carbons (Fsp3) is 0.917. The van der Waals surface area contributed by atoms with E-state index in [9.17, 15) is 18.0 Å². The van der Waals surface area contributed by atoms with Crippen molar-refractivity contribution in [1.82, 2.24) is 0 Å². The summed E-state index contributed by atoms with van der Waals surface area (Å²) in [6.07, 6.45) is -4.51. The van der Waals surface area contributed by atoms with Crippen LogP contribution in [0.3, 0.4) is 0 Å². The summed E-state index contributed by atoms with van der Waals surface area (Å²) in [4.78, 5) is 10.8. The predicted octanol–water partition coefficient (Wildman–Crippen LogP) is 3.70. The SMILES string of the molecule is C[SiH](C)OC(CCCC(=O)C(F)(F)F)C(C)(C)C. The van der Waals surface area contributed by atoms with Crippen LogP contribution in [0.4, 0.5) is 13.2 Å². The van der Waals surface area contributed by atoms with E-state index in [-0.39, 0.29) is 17.9 Å². The Morgan fingerprint density at radius 3 is 2.06 bits per heavy atom. The van der Waals surface area contributed by atoms with Gasteiger partial charge in [-0.3, -0.25) is 4.79 Å². The van der Waals surface area contributed by atoms with Gasteiger partial charge < -0.3 is 4.43 Å². The van der Waals surface area contributed by atoms with Crippen molar-refractivity contribution in [3.63, 3.8) is 0 Å². The molecule has 18 heavy (non-hydrogen) atoms. The van der Waals surface area contributed by atoms with E-state index in [2.05, 4.69) is 0 Å². The molecule has 0 amide bonds. The molecule has 0 aliphatic heterocycles. The predicted molar refractivity (Wildman–Crippen MR) is 68.1 cm³/mol. The van der Waals surface area contributed by atoms with Crippen LogP contribution in [0.5, 0.6) is 0 Å². The summed E-state index contributed by atoms with van der Waals surface area (Å²) in [7, 11) is -1.24. The molecule has 6 heteroatoms. The number of Topliss-reactive ketones (excluding diaryl/α,β-unsaturated/α-hetero) is 1. The van der Waals surface area contributed by atoms with Crippen LogP contribution in [0, 0.1) is 5.41 Å². The number of ketones is 1. The van der Waals surface area contributed by atoms with Crippen molar-refractivity contribution >= 4 is 14.8 Å². The van der Waals surface area contributed by atoms with Crippen LogP contribution in [0.15, 0.2) is 0 Å². The Hall–Kier alpha value is -0.363. The number of rotatable bonds is 6. The number of alkyl halides is 3. The summed E-state index contributed by atoms with van der Waals surface area (Å²) >= 11 is 0. The fourth-order valence-corrected chi connectivity index (χ4v) is 2.82. The van der Waals surface area contributed by atoms with Gasteiger partial charge in [0.25, 0.3) is 0 Å². The number of hydrogen-bond donors (Lipinski definition) is 0. The highest BCUT2D eigenvalue weighted by Gasteiger charge is 2.37. The van der Waals surface area contributed by atoms with Crippen LogP contribution in [0.2, 0.25) is 13.1 Å². The number of hydrogen-bond acceptors (Lipinski definition) is 2. The van der Waals surface area contributed by atoms with Gasteiger partial charge in [-0.25, -0.2) is 0 Å². The minimum absolute atomic E-state index is 0.0785. The van der Waals surface area contributed by atoms with Gasteiger partial charge in [-0.2, -0.15) is 13.2 Å². The summed E-state index contributed by atoms with van der Waals surface area (Å²) in [6.45, 7) is 10.1. The number of halogens is 3. The van der Waals surface area contributed by atoms with Crippen LogP contribution < -0.4 is 0 Å². The van der Waals surface area contributed by atoms with E-state index in [0.29, 0.717) is 6.42 Å². The molecule has 0 bridgehead atoms. The van der Waals surface area contributed by atoms with Crippen molar-refractivity contribution < 1.29 is 22.4 Å². The van der Waals surface area contributed by atoms with Gasteiger partial charge in [-0.1, -0.05) is 20.8 Å². The zero-order valence-electron chi connectivity index (χ0n) is 11.7. The molecule has 1 unspecified atom stereocenters. The maximum absolute atomic E-state index is 12.0. The molecule has 0 radical (unpaired) electrons. The second-order valence-corrected chi connectivity index (χ2v) is 8.22. The highest BCUT2D eigenvalue weighted by molar-refractivity contribution is 6.48. The summed E-state index contributed by atoms with van der Waals surface area (Å²) in [5, 5.41) is 0. The van der Waals surface area contributed by atoms with Crippen molar-refractivity contribution in [2.45, 2.75) is 65.4 Å². The highest BCUT2D eigenvalue weighted by atomic mass is 28.3. The molecule has 1 atom stereocenters. The molecule has 0 saturated heterocycles. The van der Waals surface area contributed by atoms with E-state index in [1.54, 1.807) is 0 Å². The van der Waals surface area contributed by atoms with Gasteiger partial charge in [0.05, 0.1) is 0 Å². The van der Waals surface area contributed by atoms with E-state index < -0.39 is 27.4 Å². The molecule has 0 rings (SSSR count). The standard InChI is InChI=1S/C12H23F3O2Si/c1-11(2,3)10(17-18(4)5)8-6-7-9(16)12(13,14)15/h10,18H,6-8H2,1-5H3. The van der Waals surface area contributed by atoms with Gasteiger partial charge in [0.2, 0.25) is 5.78 Å². The normalized spacial score (nSPS) is 14.9. The van der Waals surface area contributed by atoms with Gasteiger partial charge >= 0.3 is 6.18 Å². The molecular weight excluding hydrogens is 261 g/mol. The third-order valence-corrected chi connectivity index (χ3v) is 3.46. The zero-order valence-corrected chi connectivity index (χ0v) is 12.9. The Labute approximate surface area is 109 Å². The van der Waals surface area contributed by atoms with Crippen LogP contribution in [-0.4, -0.2) is 27.1 Å². The molecule has 0 spiro atoms. The maximum Gasteiger partial charge on any atom is 0.449 e.